The van der Waals surface area contributed by atoms with E-state index in [2.05, 4.69) is 75.0 Å². The predicted molar refractivity (Wildman–Crippen MR) is 123 cm³/mol. The summed E-state index contributed by atoms with van der Waals surface area (Å²) in [6.07, 6.45) is 8.39. The number of hydrogen-bond donors (Lipinski definition) is 0. The normalized spacial score (nSPS) is 15.1. The van der Waals surface area contributed by atoms with Crippen molar-refractivity contribution in [2.24, 2.45) is 13.0 Å². The maximum atomic E-state index is 6.47. The Morgan fingerprint density at radius 1 is 1.07 bits per heavy atom. The summed E-state index contributed by atoms with van der Waals surface area (Å²) in [5.41, 5.74) is 7.91. The molecule has 1 aromatic carbocycles. The zero-order chi connectivity index (χ0) is 20.8. The van der Waals surface area contributed by atoms with E-state index in [0.717, 1.165) is 28.5 Å². The van der Waals surface area contributed by atoms with Gasteiger partial charge in [-0.25, -0.2) is 9.55 Å². The van der Waals surface area contributed by atoms with Crippen molar-refractivity contribution in [3.05, 3.63) is 59.4 Å². The number of aryl methyl sites for hydroxylation is 2. The average Bonchev–Trinajstić information content (AvgIpc) is 3.36. The van der Waals surface area contributed by atoms with Crippen LogP contribution in [0.3, 0.4) is 0 Å². The molecule has 0 bridgehead atoms. The zero-order valence-electron chi connectivity index (χ0n) is 18.5. The minimum atomic E-state index is 0.592. The fourth-order valence-corrected chi connectivity index (χ4v) is 5.06. The smallest absolute Gasteiger partial charge is 0.227 e. The lowest BCUT2D eigenvalue weighted by Crippen LogP contribution is -2.31. The number of fused-ring (bicyclic) bond motifs is 3. The Hall–Kier alpha value is -2.68. The van der Waals surface area contributed by atoms with Gasteiger partial charge in [-0.15, -0.1) is 0 Å². The van der Waals surface area contributed by atoms with Crippen molar-refractivity contribution in [1.82, 2.24) is 4.98 Å². The second-order valence-electron chi connectivity index (χ2n) is 9.44. The van der Waals surface area contributed by atoms with Gasteiger partial charge in [-0.1, -0.05) is 38.8 Å². The lowest BCUT2D eigenvalue weighted by molar-refractivity contribution is -0.660. The number of furan rings is 1. The third-order valence-corrected chi connectivity index (χ3v) is 6.62. The predicted octanol–water partition coefficient (Wildman–Crippen LogP) is 6.64. The summed E-state index contributed by atoms with van der Waals surface area (Å²) < 4.78 is 8.68. The standard InChI is InChI=1S/C27H31N2O/c1-17(2)15-19-13-14-29(4)24(16-19)25-18(3)9-10-21-22-11-12-23(20-7-5-6-8-20)28-27(22)30-26(21)25/h9-14,16-17,20H,5-8,15H2,1-4H3/q+1. The number of pyridine rings is 2. The SMILES string of the molecule is Cc1ccc2c(oc3nc(C4CCCC4)ccc32)c1-c1cc(CC(C)C)cc[n+]1C. The molecule has 3 heteroatoms. The van der Waals surface area contributed by atoms with Gasteiger partial charge in [0.1, 0.15) is 7.05 Å². The van der Waals surface area contributed by atoms with Gasteiger partial charge in [0, 0.05) is 34.5 Å². The zero-order valence-corrected chi connectivity index (χ0v) is 18.5. The van der Waals surface area contributed by atoms with Gasteiger partial charge in [0.25, 0.3) is 0 Å². The Labute approximate surface area is 178 Å². The van der Waals surface area contributed by atoms with Crippen molar-refractivity contribution in [3.63, 3.8) is 0 Å². The van der Waals surface area contributed by atoms with Crippen LogP contribution in [0.25, 0.3) is 33.3 Å². The van der Waals surface area contributed by atoms with E-state index in [0.29, 0.717) is 11.8 Å². The maximum Gasteiger partial charge on any atom is 0.227 e. The summed E-state index contributed by atoms with van der Waals surface area (Å²) in [6.45, 7) is 6.71. The van der Waals surface area contributed by atoms with E-state index in [9.17, 15) is 0 Å². The number of aromatic nitrogens is 2. The molecule has 1 saturated carbocycles. The molecule has 0 N–H and O–H groups in total. The molecule has 0 amide bonds. The van der Waals surface area contributed by atoms with Crippen molar-refractivity contribution in [1.29, 1.82) is 0 Å². The van der Waals surface area contributed by atoms with E-state index < -0.39 is 0 Å². The second kappa shape index (κ2) is 7.54. The van der Waals surface area contributed by atoms with E-state index in [1.807, 2.05) is 0 Å². The highest BCUT2D eigenvalue weighted by Crippen LogP contribution is 2.39. The van der Waals surface area contributed by atoms with Crippen LogP contribution >= 0.6 is 0 Å². The maximum absolute atomic E-state index is 6.47. The first-order valence-electron chi connectivity index (χ1n) is 11.3. The lowest BCUT2D eigenvalue weighted by atomic mass is 9.97. The Kier molecular flexibility index (Phi) is 4.85. The van der Waals surface area contributed by atoms with Gasteiger partial charge in [0.05, 0.1) is 5.56 Å². The summed E-state index contributed by atoms with van der Waals surface area (Å²) in [6, 6.07) is 13.4. The molecule has 0 aliphatic heterocycles. The summed E-state index contributed by atoms with van der Waals surface area (Å²) >= 11 is 0. The van der Waals surface area contributed by atoms with E-state index in [1.54, 1.807) is 0 Å². The van der Waals surface area contributed by atoms with Gasteiger partial charge in [-0.2, -0.15) is 0 Å². The number of rotatable bonds is 4. The van der Waals surface area contributed by atoms with Crippen LogP contribution in [0.5, 0.6) is 0 Å². The largest absolute Gasteiger partial charge is 0.437 e. The van der Waals surface area contributed by atoms with Crippen LogP contribution in [0, 0.1) is 12.8 Å². The van der Waals surface area contributed by atoms with Crippen LogP contribution in [-0.4, -0.2) is 4.98 Å². The number of benzene rings is 1. The quantitative estimate of drug-likeness (QED) is 0.360. The van der Waals surface area contributed by atoms with Crippen molar-refractivity contribution in [3.8, 4) is 11.3 Å². The molecule has 1 aliphatic carbocycles. The Bertz CT molecular complexity index is 1230. The van der Waals surface area contributed by atoms with E-state index in [4.69, 9.17) is 9.40 Å². The summed E-state index contributed by atoms with van der Waals surface area (Å²) in [4.78, 5) is 4.96. The molecule has 30 heavy (non-hydrogen) atoms. The fraction of sp³-hybridized carbons (Fsp3) is 0.407. The van der Waals surface area contributed by atoms with Crippen molar-refractivity contribution in [2.45, 2.75) is 58.8 Å². The Balaban J connectivity index is 1.70. The first-order valence-corrected chi connectivity index (χ1v) is 11.3. The first-order chi connectivity index (χ1) is 14.5. The number of nitrogens with zero attached hydrogens (tertiary/aromatic N) is 2. The summed E-state index contributed by atoms with van der Waals surface area (Å²) in [5.74, 6) is 1.22. The summed E-state index contributed by atoms with van der Waals surface area (Å²) in [7, 11) is 2.12. The topological polar surface area (TPSA) is 29.9 Å². The van der Waals surface area contributed by atoms with Gasteiger partial charge in [0.15, 0.2) is 11.8 Å². The molecule has 5 rings (SSSR count). The molecule has 3 nitrogen and oxygen atoms in total. The van der Waals surface area contributed by atoms with Crippen molar-refractivity contribution in [2.75, 3.05) is 0 Å². The molecule has 154 valence electrons. The third kappa shape index (κ3) is 3.30. The van der Waals surface area contributed by atoms with Crippen LogP contribution < -0.4 is 4.57 Å². The van der Waals surface area contributed by atoms with Crippen molar-refractivity contribution < 1.29 is 8.98 Å². The van der Waals surface area contributed by atoms with Gasteiger partial charge in [-0.3, -0.25) is 0 Å². The van der Waals surface area contributed by atoms with Crippen LogP contribution in [0.2, 0.25) is 0 Å². The minimum absolute atomic E-state index is 0.592. The molecule has 3 heterocycles. The van der Waals surface area contributed by atoms with Crippen molar-refractivity contribution >= 4 is 22.1 Å². The van der Waals surface area contributed by atoms with Crippen LogP contribution in [0.15, 0.2) is 47.0 Å². The van der Waals surface area contributed by atoms with Gasteiger partial charge < -0.3 is 4.42 Å². The second-order valence-corrected chi connectivity index (χ2v) is 9.44. The van der Waals surface area contributed by atoms with Crippen LogP contribution in [0.1, 0.15) is 62.3 Å². The molecule has 0 unspecified atom stereocenters. The Morgan fingerprint density at radius 3 is 2.60 bits per heavy atom. The highest BCUT2D eigenvalue weighted by atomic mass is 16.3. The molecule has 0 radical (unpaired) electrons. The fourth-order valence-electron chi connectivity index (χ4n) is 5.06. The monoisotopic (exact) mass is 399 g/mol. The highest BCUT2D eigenvalue weighted by Gasteiger charge is 2.23. The lowest BCUT2D eigenvalue weighted by Gasteiger charge is -2.09. The van der Waals surface area contributed by atoms with E-state index >= 15 is 0 Å². The summed E-state index contributed by atoms with van der Waals surface area (Å²) in [5, 5.41) is 2.28. The highest BCUT2D eigenvalue weighted by molar-refractivity contribution is 6.08. The molecule has 1 aliphatic rings. The van der Waals surface area contributed by atoms with Gasteiger partial charge in [0.2, 0.25) is 11.4 Å². The Morgan fingerprint density at radius 2 is 1.83 bits per heavy atom. The van der Waals surface area contributed by atoms with Gasteiger partial charge >= 0.3 is 0 Å². The molecule has 0 spiro atoms. The molecular weight excluding hydrogens is 368 g/mol. The average molecular weight is 400 g/mol. The van der Waals surface area contributed by atoms with Crippen LogP contribution in [-0.2, 0) is 13.5 Å². The van der Waals surface area contributed by atoms with Crippen LogP contribution in [0.4, 0.5) is 0 Å². The third-order valence-electron chi connectivity index (χ3n) is 6.62. The number of hydrogen-bond acceptors (Lipinski definition) is 2. The molecule has 1 fully saturated rings. The molecular formula is C27H31N2O+. The van der Waals surface area contributed by atoms with E-state index in [1.165, 1.54) is 53.8 Å². The molecule has 0 atom stereocenters. The molecule has 4 aromatic rings. The first kappa shape index (κ1) is 19.3. The van der Waals surface area contributed by atoms with E-state index in [-0.39, 0.29) is 0 Å². The molecule has 0 saturated heterocycles. The minimum Gasteiger partial charge on any atom is -0.437 e. The molecule has 3 aromatic heterocycles. The van der Waals surface area contributed by atoms with Gasteiger partial charge in [-0.05, 0) is 55.4 Å².